The molecule has 10 heteroatoms. The van der Waals surface area contributed by atoms with Gasteiger partial charge in [0, 0.05) is 37.4 Å². The molecule has 2 aliphatic heterocycles. The fourth-order valence-electron chi connectivity index (χ4n) is 3.95. The van der Waals surface area contributed by atoms with Crippen molar-refractivity contribution in [2.45, 2.75) is 19.3 Å². The van der Waals surface area contributed by atoms with Crippen molar-refractivity contribution < 1.29 is 14.3 Å². The van der Waals surface area contributed by atoms with Crippen molar-refractivity contribution in [3.8, 4) is 0 Å². The number of ether oxygens (including phenoxy) is 1. The molecule has 31 heavy (non-hydrogen) atoms. The molecule has 0 radical (unpaired) electrons. The number of aromatic amines is 1. The van der Waals surface area contributed by atoms with Crippen LogP contribution in [0.4, 0.5) is 0 Å². The van der Waals surface area contributed by atoms with Gasteiger partial charge in [0.15, 0.2) is 5.69 Å². The molecular weight excluding hydrogens is 420 g/mol. The van der Waals surface area contributed by atoms with E-state index in [1.165, 1.54) is 0 Å². The summed E-state index contributed by atoms with van der Waals surface area (Å²) in [4.78, 5) is 31.9. The van der Waals surface area contributed by atoms with Gasteiger partial charge in [0.1, 0.15) is 11.8 Å². The third kappa shape index (κ3) is 3.82. The van der Waals surface area contributed by atoms with Crippen LogP contribution in [0.3, 0.4) is 0 Å². The first-order chi connectivity index (χ1) is 15.1. The molecule has 2 aliphatic rings. The van der Waals surface area contributed by atoms with E-state index < -0.39 is 0 Å². The number of carbonyl (C=O) groups excluding carboxylic acids is 2. The van der Waals surface area contributed by atoms with Crippen LogP contribution < -0.4 is 0 Å². The van der Waals surface area contributed by atoms with Crippen molar-refractivity contribution in [2.75, 3.05) is 26.2 Å². The third-order valence-electron chi connectivity index (χ3n) is 5.72. The first kappa shape index (κ1) is 19.8. The highest BCUT2D eigenvalue weighted by atomic mass is 35.5. The Morgan fingerprint density at radius 2 is 1.74 bits per heavy atom. The van der Waals surface area contributed by atoms with Gasteiger partial charge in [0.2, 0.25) is 0 Å². The highest BCUT2D eigenvalue weighted by molar-refractivity contribution is 6.30. The number of nitrogens with one attached hydrogen (secondary N) is 1. The van der Waals surface area contributed by atoms with Crippen LogP contribution in [0.15, 0.2) is 42.6 Å². The van der Waals surface area contributed by atoms with Gasteiger partial charge in [-0.05, 0) is 29.8 Å². The molecule has 0 saturated carbocycles. The summed E-state index contributed by atoms with van der Waals surface area (Å²) in [5, 5.41) is 9.00. The Kier molecular flexibility index (Phi) is 5.21. The SMILES string of the molecule is O=C(c1ccc[nH]1)N1CCN(C(=O)c2nnn3c2COC(c2ccc(Cl)cc2)C3)CC1. The van der Waals surface area contributed by atoms with Crippen LogP contribution >= 0.6 is 11.6 Å². The molecule has 1 unspecified atom stereocenters. The lowest BCUT2D eigenvalue weighted by Crippen LogP contribution is -2.51. The van der Waals surface area contributed by atoms with Gasteiger partial charge in [-0.1, -0.05) is 28.9 Å². The Morgan fingerprint density at radius 3 is 2.42 bits per heavy atom. The number of hydrogen-bond donors (Lipinski definition) is 1. The lowest BCUT2D eigenvalue weighted by Gasteiger charge is -2.34. The monoisotopic (exact) mass is 440 g/mol. The standard InChI is InChI=1S/C21H21ClN6O3/c22-15-5-3-14(4-6-15)18-12-28-17(13-31-18)19(24-25-28)21(30)27-10-8-26(9-11-27)20(29)16-2-1-7-23-16/h1-7,18,23H,8-13H2. The van der Waals surface area contributed by atoms with Crippen LogP contribution in [0.1, 0.15) is 38.3 Å². The van der Waals surface area contributed by atoms with E-state index in [0.29, 0.717) is 54.8 Å². The minimum atomic E-state index is -0.179. The maximum atomic E-state index is 13.1. The number of carbonyl (C=O) groups is 2. The van der Waals surface area contributed by atoms with Gasteiger partial charge in [0.25, 0.3) is 11.8 Å². The Bertz CT molecular complexity index is 1090. The summed E-state index contributed by atoms with van der Waals surface area (Å²) in [6.45, 7) is 2.59. The molecule has 3 aromatic rings. The molecule has 1 aromatic carbocycles. The molecule has 1 atom stereocenters. The number of aromatic nitrogens is 4. The summed E-state index contributed by atoms with van der Waals surface area (Å²) >= 11 is 5.96. The van der Waals surface area contributed by atoms with E-state index in [2.05, 4.69) is 15.3 Å². The number of rotatable bonds is 3. The second-order valence-corrected chi connectivity index (χ2v) is 8.02. The van der Waals surface area contributed by atoms with E-state index in [9.17, 15) is 9.59 Å². The molecule has 4 heterocycles. The Labute approximate surface area is 183 Å². The summed E-state index contributed by atoms with van der Waals surface area (Å²) in [7, 11) is 0. The summed E-state index contributed by atoms with van der Waals surface area (Å²) < 4.78 is 7.72. The zero-order valence-corrected chi connectivity index (χ0v) is 17.5. The molecule has 2 amide bonds. The number of hydrogen-bond acceptors (Lipinski definition) is 5. The van der Waals surface area contributed by atoms with Gasteiger partial charge in [-0.2, -0.15) is 0 Å². The van der Waals surface area contributed by atoms with Gasteiger partial charge in [-0.15, -0.1) is 5.10 Å². The van der Waals surface area contributed by atoms with Crippen LogP contribution in [0, 0.1) is 0 Å². The average molecular weight is 441 g/mol. The summed E-state index contributed by atoms with van der Waals surface area (Å²) in [6, 6.07) is 11.0. The quantitative estimate of drug-likeness (QED) is 0.673. The first-order valence-electron chi connectivity index (χ1n) is 10.1. The average Bonchev–Trinajstić information content (AvgIpc) is 3.49. The number of H-pyrrole nitrogens is 1. The summed E-state index contributed by atoms with van der Waals surface area (Å²) in [6.07, 6.45) is 1.55. The number of fused-ring (bicyclic) bond motifs is 1. The molecular formula is C21H21ClN6O3. The molecule has 1 fully saturated rings. The Hall–Kier alpha value is -3.17. The third-order valence-corrected chi connectivity index (χ3v) is 5.98. The van der Waals surface area contributed by atoms with Gasteiger partial charge in [-0.3, -0.25) is 9.59 Å². The zero-order chi connectivity index (χ0) is 21.4. The fraction of sp³-hybridized carbons (Fsp3) is 0.333. The van der Waals surface area contributed by atoms with Gasteiger partial charge in [0.05, 0.1) is 18.8 Å². The highest BCUT2D eigenvalue weighted by Gasteiger charge is 2.32. The summed E-state index contributed by atoms with van der Waals surface area (Å²) in [5.41, 5.74) is 2.56. The molecule has 9 nitrogen and oxygen atoms in total. The van der Waals surface area contributed by atoms with Crippen molar-refractivity contribution in [3.05, 3.63) is 70.3 Å². The lowest BCUT2D eigenvalue weighted by atomic mass is 10.1. The lowest BCUT2D eigenvalue weighted by molar-refractivity contribution is -0.00202. The van der Waals surface area contributed by atoms with Gasteiger partial charge < -0.3 is 19.5 Å². The summed E-state index contributed by atoms with van der Waals surface area (Å²) in [5.74, 6) is -0.235. The molecule has 0 spiro atoms. The van der Waals surface area contributed by atoms with Crippen molar-refractivity contribution in [2.24, 2.45) is 0 Å². The number of nitrogens with zero attached hydrogens (tertiary/aromatic N) is 5. The van der Waals surface area contributed by atoms with Crippen molar-refractivity contribution >= 4 is 23.4 Å². The van der Waals surface area contributed by atoms with E-state index in [-0.39, 0.29) is 24.5 Å². The zero-order valence-electron chi connectivity index (χ0n) is 16.7. The second-order valence-electron chi connectivity index (χ2n) is 7.59. The molecule has 160 valence electrons. The van der Waals surface area contributed by atoms with Crippen LogP contribution in [0.25, 0.3) is 0 Å². The highest BCUT2D eigenvalue weighted by Crippen LogP contribution is 2.28. The van der Waals surface area contributed by atoms with E-state index >= 15 is 0 Å². The van der Waals surface area contributed by atoms with Crippen molar-refractivity contribution in [1.29, 1.82) is 0 Å². The largest absolute Gasteiger partial charge is 0.365 e. The maximum Gasteiger partial charge on any atom is 0.276 e. The van der Waals surface area contributed by atoms with E-state index in [1.54, 1.807) is 32.8 Å². The Morgan fingerprint density at radius 1 is 1.03 bits per heavy atom. The molecule has 2 aromatic heterocycles. The van der Waals surface area contributed by atoms with Crippen LogP contribution in [-0.2, 0) is 17.9 Å². The first-order valence-corrected chi connectivity index (χ1v) is 10.5. The molecule has 0 aliphatic carbocycles. The predicted molar refractivity (Wildman–Crippen MR) is 112 cm³/mol. The maximum absolute atomic E-state index is 13.1. The minimum Gasteiger partial charge on any atom is -0.365 e. The van der Waals surface area contributed by atoms with E-state index in [4.69, 9.17) is 16.3 Å². The topological polar surface area (TPSA) is 96.4 Å². The molecule has 5 rings (SSSR count). The molecule has 0 bridgehead atoms. The molecule has 1 saturated heterocycles. The minimum absolute atomic E-state index is 0.0558. The fourth-order valence-corrected chi connectivity index (χ4v) is 4.08. The van der Waals surface area contributed by atoms with Crippen molar-refractivity contribution in [3.63, 3.8) is 0 Å². The van der Waals surface area contributed by atoms with Crippen LogP contribution in [0.5, 0.6) is 0 Å². The van der Waals surface area contributed by atoms with Gasteiger partial charge >= 0.3 is 0 Å². The normalized spacial score (nSPS) is 18.7. The van der Waals surface area contributed by atoms with Crippen LogP contribution in [-0.4, -0.2) is 67.8 Å². The number of benzene rings is 1. The predicted octanol–water partition coefficient (Wildman–Crippen LogP) is 2.13. The number of piperazine rings is 1. The van der Waals surface area contributed by atoms with Gasteiger partial charge in [-0.25, -0.2) is 4.68 Å². The number of halogens is 1. The van der Waals surface area contributed by atoms with E-state index in [0.717, 1.165) is 5.56 Å². The van der Waals surface area contributed by atoms with Crippen LogP contribution in [0.2, 0.25) is 5.02 Å². The Balaban J connectivity index is 1.24. The molecule has 1 N–H and O–H groups in total. The smallest absolute Gasteiger partial charge is 0.276 e. The number of amides is 2. The van der Waals surface area contributed by atoms with E-state index in [1.807, 2.05) is 24.3 Å². The van der Waals surface area contributed by atoms with Crippen molar-refractivity contribution in [1.82, 2.24) is 29.8 Å². The second kappa shape index (κ2) is 8.16.